The minimum absolute atomic E-state index is 0.152. The van der Waals surface area contributed by atoms with E-state index in [1.165, 1.54) is 31.7 Å². The number of rotatable bonds is 5. The van der Waals surface area contributed by atoms with Gasteiger partial charge in [-0.25, -0.2) is 0 Å². The quantitative estimate of drug-likeness (QED) is 0.744. The van der Waals surface area contributed by atoms with Gasteiger partial charge in [0.25, 0.3) is 0 Å². The molecule has 1 amide bonds. The van der Waals surface area contributed by atoms with Crippen LogP contribution in [-0.2, 0) is 14.3 Å². The molecule has 1 aliphatic rings. The molecule has 18 heavy (non-hydrogen) atoms. The fourth-order valence-electron chi connectivity index (χ4n) is 1.90. The largest absolute Gasteiger partial charge is 0.468 e. The SMILES string of the molecule is COC(=O)C(N)CSCC(=O)N1CCCCCC1. The van der Waals surface area contributed by atoms with Crippen LogP contribution in [0.15, 0.2) is 0 Å². The Balaban J connectivity index is 2.21. The highest BCUT2D eigenvalue weighted by Gasteiger charge is 2.17. The third-order valence-electron chi connectivity index (χ3n) is 2.99. The van der Waals surface area contributed by atoms with Crippen LogP contribution in [0.1, 0.15) is 25.7 Å². The molecule has 2 N–H and O–H groups in total. The van der Waals surface area contributed by atoms with Gasteiger partial charge in [-0.2, -0.15) is 0 Å². The summed E-state index contributed by atoms with van der Waals surface area (Å²) in [6, 6.07) is -0.642. The van der Waals surface area contributed by atoms with Crippen LogP contribution in [0.3, 0.4) is 0 Å². The van der Waals surface area contributed by atoms with Crippen molar-refractivity contribution < 1.29 is 14.3 Å². The van der Waals surface area contributed by atoms with Gasteiger partial charge in [-0.3, -0.25) is 9.59 Å². The molecule has 0 aromatic rings. The number of amides is 1. The van der Waals surface area contributed by atoms with Crippen LogP contribution in [-0.4, -0.2) is 54.5 Å². The second-order valence-electron chi connectivity index (χ2n) is 4.44. The van der Waals surface area contributed by atoms with E-state index in [0.717, 1.165) is 25.9 Å². The van der Waals surface area contributed by atoms with Crippen molar-refractivity contribution in [2.45, 2.75) is 31.7 Å². The third-order valence-corrected chi connectivity index (χ3v) is 4.03. The van der Waals surface area contributed by atoms with E-state index in [-0.39, 0.29) is 5.91 Å². The van der Waals surface area contributed by atoms with Gasteiger partial charge in [0.2, 0.25) is 5.91 Å². The number of hydrogen-bond donors (Lipinski definition) is 1. The lowest BCUT2D eigenvalue weighted by atomic mass is 10.2. The molecule has 0 aliphatic carbocycles. The van der Waals surface area contributed by atoms with Crippen LogP contribution in [0.4, 0.5) is 0 Å². The minimum atomic E-state index is -0.642. The third kappa shape index (κ3) is 5.27. The lowest BCUT2D eigenvalue weighted by molar-refractivity contribution is -0.141. The number of ether oxygens (including phenoxy) is 1. The number of esters is 1. The van der Waals surface area contributed by atoms with Gasteiger partial charge >= 0.3 is 5.97 Å². The molecule has 1 fully saturated rings. The van der Waals surface area contributed by atoms with Gasteiger partial charge < -0.3 is 15.4 Å². The number of carbonyl (C=O) groups is 2. The average Bonchev–Trinajstić information content (AvgIpc) is 2.66. The van der Waals surface area contributed by atoms with Gasteiger partial charge in [-0.1, -0.05) is 12.8 Å². The van der Waals surface area contributed by atoms with E-state index in [1.807, 2.05) is 4.90 Å². The zero-order chi connectivity index (χ0) is 13.4. The van der Waals surface area contributed by atoms with Gasteiger partial charge in [-0.15, -0.1) is 11.8 Å². The molecule has 0 spiro atoms. The van der Waals surface area contributed by atoms with Crippen molar-refractivity contribution in [2.24, 2.45) is 5.73 Å². The predicted molar refractivity (Wildman–Crippen MR) is 72.4 cm³/mol. The number of nitrogens with zero attached hydrogens (tertiary/aromatic N) is 1. The van der Waals surface area contributed by atoms with Gasteiger partial charge in [0.05, 0.1) is 12.9 Å². The second kappa shape index (κ2) is 8.37. The zero-order valence-corrected chi connectivity index (χ0v) is 11.7. The Hall–Kier alpha value is -0.750. The summed E-state index contributed by atoms with van der Waals surface area (Å²) in [5.74, 6) is 0.542. The second-order valence-corrected chi connectivity index (χ2v) is 5.47. The number of likely N-dealkylation sites (tertiary alicyclic amines) is 1. The van der Waals surface area contributed by atoms with Gasteiger partial charge in [0.1, 0.15) is 6.04 Å². The van der Waals surface area contributed by atoms with E-state index in [1.54, 1.807) is 0 Å². The van der Waals surface area contributed by atoms with Crippen LogP contribution < -0.4 is 5.73 Å². The van der Waals surface area contributed by atoms with Crippen molar-refractivity contribution in [2.75, 3.05) is 31.7 Å². The topological polar surface area (TPSA) is 72.6 Å². The van der Waals surface area contributed by atoms with Crippen molar-refractivity contribution in [3.63, 3.8) is 0 Å². The Labute approximate surface area is 112 Å². The van der Waals surface area contributed by atoms with Gasteiger partial charge in [0, 0.05) is 18.8 Å². The van der Waals surface area contributed by atoms with E-state index in [4.69, 9.17) is 5.73 Å². The molecule has 0 aromatic heterocycles. The monoisotopic (exact) mass is 274 g/mol. The van der Waals surface area contributed by atoms with E-state index in [0.29, 0.717) is 11.5 Å². The molecule has 0 bridgehead atoms. The van der Waals surface area contributed by atoms with E-state index in [2.05, 4.69) is 4.74 Å². The highest BCUT2D eigenvalue weighted by atomic mass is 32.2. The molecule has 5 nitrogen and oxygen atoms in total. The Morgan fingerprint density at radius 3 is 2.44 bits per heavy atom. The maximum absolute atomic E-state index is 11.9. The van der Waals surface area contributed by atoms with E-state index < -0.39 is 12.0 Å². The van der Waals surface area contributed by atoms with Crippen molar-refractivity contribution in [3.8, 4) is 0 Å². The predicted octanol–water partition coefficient (Wildman–Crippen LogP) is 0.623. The molecule has 1 unspecified atom stereocenters. The van der Waals surface area contributed by atoms with Crippen molar-refractivity contribution in [1.82, 2.24) is 4.90 Å². The fraction of sp³-hybridized carbons (Fsp3) is 0.833. The van der Waals surface area contributed by atoms with Gasteiger partial charge in [0.15, 0.2) is 0 Å². The molecule has 0 aromatic carbocycles. The number of methoxy groups -OCH3 is 1. The van der Waals surface area contributed by atoms with Crippen LogP contribution in [0, 0.1) is 0 Å². The summed E-state index contributed by atoms with van der Waals surface area (Å²) in [6.07, 6.45) is 4.62. The number of thioether (sulfide) groups is 1. The average molecular weight is 274 g/mol. The van der Waals surface area contributed by atoms with Crippen LogP contribution >= 0.6 is 11.8 Å². The molecule has 0 radical (unpaired) electrons. The molecule has 1 saturated heterocycles. The van der Waals surface area contributed by atoms with Crippen LogP contribution in [0.25, 0.3) is 0 Å². The van der Waals surface area contributed by atoms with Gasteiger partial charge in [-0.05, 0) is 12.8 Å². The number of hydrogen-bond acceptors (Lipinski definition) is 5. The Kier molecular flexibility index (Phi) is 7.12. The van der Waals surface area contributed by atoms with Crippen molar-refractivity contribution in [1.29, 1.82) is 0 Å². The highest BCUT2D eigenvalue weighted by molar-refractivity contribution is 8.00. The van der Waals surface area contributed by atoms with Crippen LogP contribution in [0.2, 0.25) is 0 Å². The molecular formula is C12H22N2O3S. The number of nitrogens with two attached hydrogens (primary N) is 1. The molecule has 1 rings (SSSR count). The summed E-state index contributed by atoms with van der Waals surface area (Å²) in [4.78, 5) is 24.9. The fourth-order valence-corrected chi connectivity index (χ4v) is 2.77. The molecule has 104 valence electrons. The lowest BCUT2D eigenvalue weighted by Gasteiger charge is -2.20. The maximum atomic E-state index is 11.9. The first-order chi connectivity index (χ1) is 8.65. The van der Waals surface area contributed by atoms with Crippen molar-refractivity contribution in [3.05, 3.63) is 0 Å². The Morgan fingerprint density at radius 1 is 1.28 bits per heavy atom. The number of carbonyl (C=O) groups excluding carboxylic acids is 2. The van der Waals surface area contributed by atoms with E-state index in [9.17, 15) is 9.59 Å². The molecule has 1 aliphatic heterocycles. The van der Waals surface area contributed by atoms with E-state index >= 15 is 0 Å². The molecule has 6 heteroatoms. The lowest BCUT2D eigenvalue weighted by Crippen LogP contribution is -2.36. The first kappa shape index (κ1) is 15.3. The smallest absolute Gasteiger partial charge is 0.323 e. The Bertz CT molecular complexity index is 278. The maximum Gasteiger partial charge on any atom is 0.323 e. The van der Waals surface area contributed by atoms with Crippen LogP contribution in [0.5, 0.6) is 0 Å². The molecule has 1 heterocycles. The summed E-state index contributed by atoms with van der Waals surface area (Å²) in [7, 11) is 1.31. The standard InChI is InChI=1S/C12H22N2O3S/c1-17-12(16)10(13)8-18-9-11(15)14-6-4-2-3-5-7-14/h10H,2-9,13H2,1H3. The van der Waals surface area contributed by atoms with Crippen molar-refractivity contribution >= 4 is 23.6 Å². The summed E-state index contributed by atoms with van der Waals surface area (Å²) in [5.41, 5.74) is 5.60. The summed E-state index contributed by atoms with van der Waals surface area (Å²) in [6.45, 7) is 1.73. The first-order valence-electron chi connectivity index (χ1n) is 6.34. The minimum Gasteiger partial charge on any atom is -0.468 e. The molecule has 1 atom stereocenters. The first-order valence-corrected chi connectivity index (χ1v) is 7.49. The summed E-state index contributed by atoms with van der Waals surface area (Å²) < 4.78 is 4.53. The summed E-state index contributed by atoms with van der Waals surface area (Å²) in [5, 5.41) is 0. The molecule has 0 saturated carbocycles. The zero-order valence-electron chi connectivity index (χ0n) is 10.9. The Morgan fingerprint density at radius 2 is 1.89 bits per heavy atom. The molecular weight excluding hydrogens is 252 g/mol. The normalized spacial score (nSPS) is 18.0. The summed E-state index contributed by atoms with van der Waals surface area (Å²) >= 11 is 1.40. The highest BCUT2D eigenvalue weighted by Crippen LogP contribution is 2.12.